The SMILES string of the molecule is O=C(CC1SC2=NCCN2C1=O)Nc1ccccc1C(F)(F)F. The Hall–Kier alpha value is -2.03. The smallest absolute Gasteiger partial charge is 0.325 e. The number of anilines is 1. The van der Waals surface area contributed by atoms with Crippen molar-refractivity contribution in [2.75, 3.05) is 18.4 Å². The van der Waals surface area contributed by atoms with Crippen LogP contribution in [0.2, 0.25) is 0 Å². The Morgan fingerprint density at radius 2 is 2.13 bits per heavy atom. The maximum absolute atomic E-state index is 12.9. The molecule has 23 heavy (non-hydrogen) atoms. The Balaban J connectivity index is 1.68. The Morgan fingerprint density at radius 3 is 2.83 bits per heavy atom. The zero-order chi connectivity index (χ0) is 16.6. The van der Waals surface area contributed by atoms with E-state index < -0.39 is 22.9 Å². The van der Waals surface area contributed by atoms with Crippen LogP contribution in [-0.2, 0) is 15.8 Å². The van der Waals surface area contributed by atoms with Gasteiger partial charge in [0.1, 0.15) is 5.25 Å². The Bertz CT molecular complexity index is 690. The van der Waals surface area contributed by atoms with E-state index in [9.17, 15) is 22.8 Å². The van der Waals surface area contributed by atoms with E-state index in [1.54, 1.807) is 0 Å². The first-order valence-corrected chi connectivity index (χ1v) is 7.73. The largest absolute Gasteiger partial charge is 0.418 e. The van der Waals surface area contributed by atoms with E-state index in [-0.39, 0.29) is 18.0 Å². The molecule has 1 N–H and O–H groups in total. The number of aliphatic imine (C=N–C) groups is 1. The molecule has 0 radical (unpaired) electrons. The molecule has 0 aromatic heterocycles. The van der Waals surface area contributed by atoms with Crippen molar-refractivity contribution in [3.05, 3.63) is 29.8 Å². The van der Waals surface area contributed by atoms with Crippen molar-refractivity contribution >= 4 is 34.4 Å². The van der Waals surface area contributed by atoms with E-state index in [0.29, 0.717) is 18.3 Å². The minimum Gasteiger partial charge on any atom is -0.325 e. The van der Waals surface area contributed by atoms with Crippen molar-refractivity contribution < 1.29 is 22.8 Å². The lowest BCUT2D eigenvalue weighted by molar-refractivity contribution is -0.137. The predicted molar refractivity (Wildman–Crippen MR) is 80.1 cm³/mol. The molecule has 1 saturated heterocycles. The zero-order valence-corrected chi connectivity index (χ0v) is 12.6. The molecule has 2 heterocycles. The highest BCUT2D eigenvalue weighted by Crippen LogP contribution is 2.35. The number of halogens is 3. The van der Waals surface area contributed by atoms with Crippen LogP contribution in [0.15, 0.2) is 29.3 Å². The van der Waals surface area contributed by atoms with E-state index in [1.165, 1.54) is 34.9 Å². The zero-order valence-electron chi connectivity index (χ0n) is 11.8. The van der Waals surface area contributed by atoms with Gasteiger partial charge >= 0.3 is 6.18 Å². The monoisotopic (exact) mass is 343 g/mol. The average Bonchev–Trinajstić information content (AvgIpc) is 3.03. The van der Waals surface area contributed by atoms with E-state index >= 15 is 0 Å². The molecule has 1 unspecified atom stereocenters. The lowest BCUT2D eigenvalue weighted by Gasteiger charge is -2.14. The number of hydrogen-bond acceptors (Lipinski definition) is 4. The number of fused-ring (bicyclic) bond motifs is 1. The second-order valence-corrected chi connectivity index (χ2v) is 6.23. The second-order valence-electron chi connectivity index (χ2n) is 5.06. The molecular weight excluding hydrogens is 331 g/mol. The lowest BCUT2D eigenvalue weighted by Crippen LogP contribution is -2.32. The van der Waals surface area contributed by atoms with Crippen LogP contribution < -0.4 is 5.32 Å². The van der Waals surface area contributed by atoms with Gasteiger partial charge in [-0.2, -0.15) is 13.2 Å². The molecule has 0 bridgehead atoms. The fraction of sp³-hybridized carbons (Fsp3) is 0.357. The van der Waals surface area contributed by atoms with Gasteiger partial charge in [0, 0.05) is 13.0 Å². The normalized spacial score (nSPS) is 20.5. The van der Waals surface area contributed by atoms with Crippen LogP contribution in [0.25, 0.3) is 0 Å². The van der Waals surface area contributed by atoms with Gasteiger partial charge in [0.05, 0.1) is 17.8 Å². The molecule has 1 atom stereocenters. The van der Waals surface area contributed by atoms with Gasteiger partial charge in [-0.25, -0.2) is 0 Å². The summed E-state index contributed by atoms with van der Waals surface area (Å²) in [6, 6.07) is 4.75. The first kappa shape index (κ1) is 15.9. The van der Waals surface area contributed by atoms with Gasteiger partial charge in [0.15, 0.2) is 5.17 Å². The molecule has 122 valence electrons. The molecule has 2 aliphatic heterocycles. The van der Waals surface area contributed by atoms with Gasteiger partial charge < -0.3 is 5.32 Å². The third-order valence-corrected chi connectivity index (χ3v) is 4.68. The molecule has 2 amide bonds. The van der Waals surface area contributed by atoms with E-state index in [2.05, 4.69) is 10.3 Å². The van der Waals surface area contributed by atoms with Crippen molar-refractivity contribution in [1.82, 2.24) is 4.90 Å². The van der Waals surface area contributed by atoms with E-state index in [0.717, 1.165) is 6.07 Å². The molecule has 0 spiro atoms. The topological polar surface area (TPSA) is 61.8 Å². The van der Waals surface area contributed by atoms with Crippen LogP contribution in [0.5, 0.6) is 0 Å². The Kier molecular flexibility index (Phi) is 4.05. The summed E-state index contributed by atoms with van der Waals surface area (Å²) in [7, 11) is 0. The van der Waals surface area contributed by atoms with E-state index in [1.807, 2.05) is 0 Å². The fourth-order valence-electron chi connectivity index (χ4n) is 2.42. The van der Waals surface area contributed by atoms with Crippen LogP contribution in [0, 0.1) is 0 Å². The third kappa shape index (κ3) is 3.19. The average molecular weight is 343 g/mol. The summed E-state index contributed by atoms with van der Waals surface area (Å²) in [5.74, 6) is -0.847. The maximum atomic E-state index is 12.9. The van der Waals surface area contributed by atoms with Gasteiger partial charge in [-0.3, -0.25) is 19.5 Å². The minimum atomic E-state index is -4.56. The van der Waals surface area contributed by atoms with Gasteiger partial charge in [-0.1, -0.05) is 23.9 Å². The summed E-state index contributed by atoms with van der Waals surface area (Å²) in [5, 5.41) is 2.20. The summed E-state index contributed by atoms with van der Waals surface area (Å²) in [5.41, 5.74) is -1.22. The molecule has 1 aromatic rings. The van der Waals surface area contributed by atoms with E-state index in [4.69, 9.17) is 0 Å². The summed E-state index contributed by atoms with van der Waals surface area (Å²) in [4.78, 5) is 29.7. The van der Waals surface area contributed by atoms with Crippen LogP contribution >= 0.6 is 11.8 Å². The van der Waals surface area contributed by atoms with Crippen molar-refractivity contribution in [1.29, 1.82) is 0 Å². The first-order valence-electron chi connectivity index (χ1n) is 6.85. The number of nitrogens with zero attached hydrogens (tertiary/aromatic N) is 2. The molecular formula is C14H12F3N3O2S. The molecule has 5 nitrogen and oxygen atoms in total. The predicted octanol–water partition coefficient (Wildman–Crippen LogP) is 2.35. The van der Waals surface area contributed by atoms with Gasteiger partial charge in [0.2, 0.25) is 11.8 Å². The van der Waals surface area contributed by atoms with Crippen molar-refractivity contribution in [2.45, 2.75) is 17.8 Å². The van der Waals surface area contributed by atoms with Gasteiger partial charge in [-0.05, 0) is 12.1 Å². The highest BCUT2D eigenvalue weighted by atomic mass is 32.2. The fourth-order valence-corrected chi connectivity index (χ4v) is 3.61. The molecule has 1 fully saturated rings. The number of rotatable bonds is 3. The van der Waals surface area contributed by atoms with Crippen molar-refractivity contribution in [3.63, 3.8) is 0 Å². The number of nitrogens with one attached hydrogen (secondary N) is 1. The number of carbonyl (C=O) groups excluding carboxylic acids is 2. The quantitative estimate of drug-likeness (QED) is 0.916. The van der Waals surface area contributed by atoms with Crippen molar-refractivity contribution in [2.24, 2.45) is 4.99 Å². The lowest BCUT2D eigenvalue weighted by atomic mass is 10.1. The minimum absolute atomic E-state index is 0.189. The molecule has 0 saturated carbocycles. The third-order valence-electron chi connectivity index (χ3n) is 3.47. The summed E-state index contributed by atoms with van der Waals surface area (Å²) in [6.07, 6.45) is -4.75. The highest BCUT2D eigenvalue weighted by molar-refractivity contribution is 8.15. The molecule has 9 heteroatoms. The van der Waals surface area contributed by atoms with Crippen LogP contribution in [0.4, 0.5) is 18.9 Å². The van der Waals surface area contributed by atoms with Gasteiger partial charge in [-0.15, -0.1) is 0 Å². The number of hydrogen-bond donors (Lipinski definition) is 1. The molecule has 0 aliphatic carbocycles. The van der Waals surface area contributed by atoms with Crippen molar-refractivity contribution in [3.8, 4) is 0 Å². The number of benzene rings is 1. The molecule has 1 aromatic carbocycles. The highest BCUT2D eigenvalue weighted by Gasteiger charge is 2.41. The van der Waals surface area contributed by atoms with Gasteiger partial charge in [0.25, 0.3) is 0 Å². The van der Waals surface area contributed by atoms with Crippen LogP contribution in [-0.4, -0.2) is 40.2 Å². The van der Waals surface area contributed by atoms with Crippen LogP contribution in [0.3, 0.4) is 0 Å². The number of alkyl halides is 3. The van der Waals surface area contributed by atoms with Crippen LogP contribution in [0.1, 0.15) is 12.0 Å². The Labute approximate surface area is 133 Å². The summed E-state index contributed by atoms with van der Waals surface area (Å²) >= 11 is 1.18. The maximum Gasteiger partial charge on any atom is 0.418 e. The number of para-hydroxylation sites is 1. The molecule has 3 rings (SSSR count). The number of amidine groups is 1. The summed E-state index contributed by atoms with van der Waals surface area (Å²) in [6.45, 7) is 1.04. The number of carbonyl (C=O) groups is 2. The Morgan fingerprint density at radius 1 is 1.39 bits per heavy atom. The number of amides is 2. The first-order chi connectivity index (χ1) is 10.9. The summed E-state index contributed by atoms with van der Waals surface area (Å²) < 4.78 is 38.7. The molecule has 2 aliphatic rings. The number of thioether (sulfide) groups is 1. The standard InChI is InChI=1S/C14H12F3N3O2S/c15-14(16,17)8-3-1-2-4-9(8)19-11(21)7-10-12(22)20-6-5-18-13(20)23-10/h1-4,10H,5-7H2,(H,19,21). The second kappa shape index (κ2) is 5.88.